The second-order valence-electron chi connectivity index (χ2n) is 2.82. The number of carbonyl (C=O) groups is 2. The quantitative estimate of drug-likeness (QED) is 0.468. The van der Waals surface area contributed by atoms with Gasteiger partial charge in [-0.25, -0.2) is 13.6 Å². The molecule has 0 amide bonds. The maximum Gasteiger partial charge on any atom is 0.371 e. The number of halogens is 2. The highest BCUT2D eigenvalue weighted by Gasteiger charge is 2.13. The number of carbonyl (C=O) groups excluding carboxylic acids is 1. The van der Waals surface area contributed by atoms with Crippen molar-refractivity contribution in [2.75, 3.05) is 0 Å². The SMILES string of the molecule is O=C(O)/C(O)=C\C(=O)c1ccc(F)cc1F. The topological polar surface area (TPSA) is 74.6 Å². The van der Waals surface area contributed by atoms with Crippen LogP contribution in [0.1, 0.15) is 10.4 Å². The Balaban J connectivity index is 3.07. The van der Waals surface area contributed by atoms with Crippen molar-refractivity contribution in [1.29, 1.82) is 0 Å². The first-order valence-corrected chi connectivity index (χ1v) is 4.05. The Kier molecular flexibility index (Phi) is 3.34. The van der Waals surface area contributed by atoms with E-state index in [1.807, 2.05) is 0 Å². The number of aliphatic hydroxyl groups is 1. The van der Waals surface area contributed by atoms with Crippen LogP contribution in [0.25, 0.3) is 0 Å². The smallest absolute Gasteiger partial charge is 0.371 e. The van der Waals surface area contributed by atoms with Gasteiger partial charge in [0.05, 0.1) is 5.56 Å². The predicted molar refractivity (Wildman–Crippen MR) is 49.0 cm³/mol. The lowest BCUT2D eigenvalue weighted by molar-refractivity contribution is -0.135. The van der Waals surface area contributed by atoms with Crippen LogP contribution in [0.2, 0.25) is 0 Å². The number of aliphatic carboxylic acids is 1. The van der Waals surface area contributed by atoms with Crippen LogP contribution in [0.15, 0.2) is 30.0 Å². The lowest BCUT2D eigenvalue weighted by Gasteiger charge is -1.98. The highest BCUT2D eigenvalue weighted by atomic mass is 19.1. The highest BCUT2D eigenvalue weighted by molar-refractivity contribution is 6.07. The van der Waals surface area contributed by atoms with Crippen LogP contribution in [0, 0.1) is 11.6 Å². The second-order valence-corrected chi connectivity index (χ2v) is 2.82. The van der Waals surface area contributed by atoms with E-state index in [1.165, 1.54) is 0 Å². The number of aliphatic hydroxyl groups excluding tert-OH is 1. The molecule has 0 atom stereocenters. The van der Waals surface area contributed by atoms with Crippen LogP contribution in [-0.4, -0.2) is 22.0 Å². The van der Waals surface area contributed by atoms with Gasteiger partial charge in [-0.2, -0.15) is 0 Å². The summed E-state index contributed by atoms with van der Waals surface area (Å²) in [4.78, 5) is 21.4. The van der Waals surface area contributed by atoms with E-state index >= 15 is 0 Å². The van der Waals surface area contributed by atoms with Crippen molar-refractivity contribution < 1.29 is 28.6 Å². The molecule has 1 aromatic rings. The third-order valence-electron chi connectivity index (χ3n) is 1.68. The Morgan fingerprint density at radius 3 is 2.31 bits per heavy atom. The molecule has 2 N–H and O–H groups in total. The van der Waals surface area contributed by atoms with Crippen LogP contribution < -0.4 is 0 Å². The summed E-state index contributed by atoms with van der Waals surface area (Å²) in [7, 11) is 0. The number of carboxylic acids is 1. The Hall–Kier alpha value is -2.24. The van der Waals surface area contributed by atoms with Crippen LogP contribution >= 0.6 is 0 Å². The summed E-state index contributed by atoms with van der Waals surface area (Å²) >= 11 is 0. The van der Waals surface area contributed by atoms with E-state index < -0.39 is 34.7 Å². The minimum absolute atomic E-state index is 0.346. The third-order valence-corrected chi connectivity index (χ3v) is 1.68. The van der Waals surface area contributed by atoms with Crippen LogP contribution in [0.3, 0.4) is 0 Å². The third kappa shape index (κ3) is 2.63. The zero-order valence-electron chi connectivity index (χ0n) is 7.78. The molecule has 0 aliphatic rings. The van der Waals surface area contributed by atoms with E-state index in [1.54, 1.807) is 0 Å². The summed E-state index contributed by atoms with van der Waals surface area (Å²) in [5.74, 6) is -5.97. The summed E-state index contributed by atoms with van der Waals surface area (Å²) in [6.45, 7) is 0. The highest BCUT2D eigenvalue weighted by Crippen LogP contribution is 2.11. The molecule has 0 spiro atoms. The molecule has 0 radical (unpaired) electrons. The number of benzene rings is 1. The summed E-state index contributed by atoms with van der Waals surface area (Å²) in [6, 6.07) is 2.19. The first-order valence-electron chi connectivity index (χ1n) is 4.05. The van der Waals surface area contributed by atoms with Crippen molar-refractivity contribution in [3.05, 3.63) is 47.2 Å². The van der Waals surface area contributed by atoms with Crippen LogP contribution in [-0.2, 0) is 4.79 Å². The van der Waals surface area contributed by atoms with Gasteiger partial charge in [0.1, 0.15) is 11.6 Å². The Morgan fingerprint density at radius 2 is 1.81 bits per heavy atom. The number of ketones is 1. The van der Waals surface area contributed by atoms with Gasteiger partial charge in [0.15, 0.2) is 5.78 Å². The van der Waals surface area contributed by atoms with Gasteiger partial charge in [-0.3, -0.25) is 4.79 Å². The molecule has 0 saturated carbocycles. The Bertz CT molecular complexity index is 480. The van der Waals surface area contributed by atoms with Gasteiger partial charge < -0.3 is 10.2 Å². The van der Waals surface area contributed by atoms with Crippen molar-refractivity contribution in [1.82, 2.24) is 0 Å². The van der Waals surface area contributed by atoms with Crippen molar-refractivity contribution in [2.45, 2.75) is 0 Å². The fourth-order valence-electron chi connectivity index (χ4n) is 0.953. The molecular weight excluding hydrogens is 222 g/mol. The van der Waals surface area contributed by atoms with E-state index in [4.69, 9.17) is 10.2 Å². The van der Waals surface area contributed by atoms with Gasteiger partial charge in [-0.05, 0) is 12.1 Å². The average molecular weight is 228 g/mol. The summed E-state index contributed by atoms with van der Waals surface area (Å²) < 4.78 is 25.5. The Labute approximate surface area is 88.4 Å². The van der Waals surface area contributed by atoms with Crippen molar-refractivity contribution in [3.63, 3.8) is 0 Å². The van der Waals surface area contributed by atoms with Crippen molar-refractivity contribution in [2.24, 2.45) is 0 Å². The van der Waals surface area contributed by atoms with Crippen LogP contribution in [0.4, 0.5) is 8.78 Å². The van der Waals surface area contributed by atoms with E-state index in [0.717, 1.165) is 12.1 Å². The second kappa shape index (κ2) is 4.52. The molecule has 0 fully saturated rings. The zero-order valence-corrected chi connectivity index (χ0v) is 7.78. The summed E-state index contributed by atoms with van der Waals surface area (Å²) in [5.41, 5.74) is -0.519. The minimum atomic E-state index is -1.71. The summed E-state index contributed by atoms with van der Waals surface area (Å²) in [6.07, 6.45) is 0.346. The molecule has 4 nitrogen and oxygen atoms in total. The van der Waals surface area contributed by atoms with Gasteiger partial charge >= 0.3 is 5.97 Å². The molecule has 1 rings (SSSR count). The number of allylic oxidation sites excluding steroid dienone is 1. The molecule has 0 unspecified atom stereocenters. The normalized spacial score (nSPS) is 11.2. The van der Waals surface area contributed by atoms with E-state index in [2.05, 4.69) is 0 Å². The molecule has 0 aromatic heterocycles. The number of rotatable bonds is 3. The molecule has 0 saturated heterocycles. The molecule has 6 heteroatoms. The first kappa shape index (κ1) is 11.8. The predicted octanol–water partition coefficient (Wildman–Crippen LogP) is 1.67. The maximum atomic E-state index is 13.0. The lowest BCUT2D eigenvalue weighted by Crippen LogP contribution is -2.05. The first-order chi connectivity index (χ1) is 7.41. The number of hydrogen-bond donors (Lipinski definition) is 2. The average Bonchev–Trinajstić information content (AvgIpc) is 2.16. The Morgan fingerprint density at radius 1 is 1.19 bits per heavy atom. The monoisotopic (exact) mass is 228 g/mol. The van der Waals surface area contributed by atoms with E-state index in [-0.39, 0.29) is 0 Å². The molecule has 0 aliphatic heterocycles. The lowest BCUT2D eigenvalue weighted by atomic mass is 10.1. The maximum absolute atomic E-state index is 13.0. The fourth-order valence-corrected chi connectivity index (χ4v) is 0.953. The minimum Gasteiger partial charge on any atom is -0.502 e. The number of carboxylic acid groups (broad SMARTS) is 1. The summed E-state index contributed by atoms with van der Waals surface area (Å²) in [5, 5.41) is 17.0. The molecule has 1 aromatic carbocycles. The van der Waals surface area contributed by atoms with Crippen molar-refractivity contribution in [3.8, 4) is 0 Å². The number of hydrogen-bond acceptors (Lipinski definition) is 3. The molecule has 16 heavy (non-hydrogen) atoms. The molecule has 0 heterocycles. The molecular formula is C10H6F2O4. The molecule has 0 bridgehead atoms. The van der Waals surface area contributed by atoms with Gasteiger partial charge in [-0.1, -0.05) is 0 Å². The molecule has 0 aliphatic carbocycles. The fraction of sp³-hybridized carbons (Fsp3) is 0. The zero-order chi connectivity index (χ0) is 12.3. The van der Waals surface area contributed by atoms with Gasteiger partial charge in [-0.15, -0.1) is 0 Å². The van der Waals surface area contributed by atoms with E-state index in [9.17, 15) is 18.4 Å². The van der Waals surface area contributed by atoms with Gasteiger partial charge in [0, 0.05) is 12.1 Å². The van der Waals surface area contributed by atoms with Gasteiger partial charge in [0.2, 0.25) is 5.76 Å². The van der Waals surface area contributed by atoms with E-state index in [0.29, 0.717) is 12.1 Å². The van der Waals surface area contributed by atoms with Crippen molar-refractivity contribution >= 4 is 11.8 Å². The van der Waals surface area contributed by atoms with Gasteiger partial charge in [0.25, 0.3) is 0 Å². The molecule has 84 valence electrons. The largest absolute Gasteiger partial charge is 0.502 e. The standard InChI is InChI=1S/C10H6F2O4/c11-5-1-2-6(7(12)3-5)8(13)4-9(14)10(15)16/h1-4,14H,(H,15,16)/b9-4+. The van der Waals surface area contributed by atoms with Crippen LogP contribution in [0.5, 0.6) is 0 Å².